The van der Waals surface area contributed by atoms with E-state index >= 15 is 0 Å². The fourth-order valence-electron chi connectivity index (χ4n) is 4.42. The Kier molecular flexibility index (Phi) is 11.5. The van der Waals surface area contributed by atoms with Crippen LogP contribution >= 0.6 is 11.3 Å². The minimum absolute atomic E-state index is 0.0265. The molecule has 0 radical (unpaired) electrons. The average Bonchev–Trinajstić information content (AvgIpc) is 3.47. The van der Waals surface area contributed by atoms with Crippen LogP contribution < -0.4 is 16.4 Å². The number of sulfone groups is 1. The standard InChI is InChI=1S/C29H33N6O6S2/c1-41-35(38)19-29(13-14-43(2,39)40,15-20-7-9-21(10-8-20)24-6-4-3-5-22(24)16-30)28(37)34-18-26(36)33-17-23-11-12-25(42-23)27(31)32/h3-12H,13-15,17-19H2,1-2H3,(H3,31,32)(H,33,36)(H,34,37)/q-1. The number of nitrogens with one attached hydrogen (secondary N) is 3. The van der Waals surface area contributed by atoms with Crippen molar-refractivity contribution in [3.05, 3.63) is 86.8 Å². The minimum atomic E-state index is -3.52. The second-order valence-electron chi connectivity index (χ2n) is 10.0. The van der Waals surface area contributed by atoms with Crippen molar-refractivity contribution in [1.82, 2.24) is 15.9 Å². The Labute approximate surface area is 254 Å². The first-order chi connectivity index (χ1) is 20.4. The van der Waals surface area contributed by atoms with E-state index in [9.17, 15) is 28.5 Å². The molecule has 2 amide bonds. The van der Waals surface area contributed by atoms with Gasteiger partial charge in [-0.2, -0.15) is 5.26 Å². The summed E-state index contributed by atoms with van der Waals surface area (Å²) < 4.78 is 24.3. The van der Waals surface area contributed by atoms with Gasteiger partial charge in [-0.05, 0) is 47.7 Å². The molecule has 0 aliphatic carbocycles. The largest absolute Gasteiger partial charge is 0.762 e. The normalized spacial score (nSPS) is 12.7. The van der Waals surface area contributed by atoms with Crippen LogP contribution in [0.3, 0.4) is 0 Å². The summed E-state index contributed by atoms with van der Waals surface area (Å²) in [6, 6.07) is 19.7. The molecule has 0 fully saturated rings. The summed E-state index contributed by atoms with van der Waals surface area (Å²) in [6.45, 7) is -0.750. The van der Waals surface area contributed by atoms with Crippen molar-refractivity contribution in [2.75, 3.05) is 32.2 Å². The zero-order valence-electron chi connectivity index (χ0n) is 23.8. The van der Waals surface area contributed by atoms with Crippen LogP contribution in [0.1, 0.15) is 27.3 Å². The SMILES string of the molecule is CON([O-])CC(CCS(C)(=O)=O)(Cc1ccc(-c2ccccc2C#N)cc1)C(=O)NCC(=O)NCc1ccc(C(=N)N)s1. The Balaban J connectivity index is 1.82. The number of nitriles is 1. The van der Waals surface area contributed by atoms with E-state index in [1.165, 1.54) is 11.3 Å². The van der Waals surface area contributed by atoms with E-state index in [1.54, 1.807) is 48.5 Å². The lowest BCUT2D eigenvalue weighted by molar-refractivity contribution is -0.146. The van der Waals surface area contributed by atoms with Crippen molar-refractivity contribution in [2.45, 2.75) is 19.4 Å². The van der Waals surface area contributed by atoms with Gasteiger partial charge in [-0.1, -0.05) is 42.5 Å². The first-order valence-electron chi connectivity index (χ1n) is 13.1. The predicted molar refractivity (Wildman–Crippen MR) is 164 cm³/mol. The summed E-state index contributed by atoms with van der Waals surface area (Å²) in [5.41, 5.74) is 6.54. The molecule has 43 heavy (non-hydrogen) atoms. The van der Waals surface area contributed by atoms with Gasteiger partial charge >= 0.3 is 0 Å². The quantitative estimate of drug-likeness (QED) is 0.111. The van der Waals surface area contributed by atoms with Crippen LogP contribution in [0, 0.1) is 27.4 Å². The molecule has 0 spiro atoms. The maximum Gasteiger partial charge on any atom is 0.239 e. The maximum absolute atomic E-state index is 13.7. The van der Waals surface area contributed by atoms with E-state index in [1.807, 2.05) is 12.1 Å². The zero-order chi connectivity index (χ0) is 31.6. The topological polar surface area (TPSA) is 202 Å². The molecule has 1 heterocycles. The number of nitrogens with zero attached hydrogens (tertiary/aromatic N) is 2. The molecule has 0 aliphatic rings. The molecule has 12 nitrogen and oxygen atoms in total. The van der Waals surface area contributed by atoms with Crippen molar-refractivity contribution in [2.24, 2.45) is 11.1 Å². The van der Waals surface area contributed by atoms with Gasteiger partial charge in [0.1, 0.15) is 15.7 Å². The summed E-state index contributed by atoms with van der Waals surface area (Å²) in [7, 11) is -2.38. The van der Waals surface area contributed by atoms with Crippen molar-refractivity contribution in [3.63, 3.8) is 0 Å². The molecule has 3 aromatic rings. The van der Waals surface area contributed by atoms with Crippen LogP contribution in [0.5, 0.6) is 0 Å². The van der Waals surface area contributed by atoms with E-state index in [0.717, 1.165) is 29.4 Å². The van der Waals surface area contributed by atoms with Crippen LogP contribution in [0.15, 0.2) is 60.7 Å². The first-order valence-corrected chi connectivity index (χ1v) is 16.0. The summed E-state index contributed by atoms with van der Waals surface area (Å²) in [4.78, 5) is 32.4. The third-order valence-electron chi connectivity index (χ3n) is 6.72. The highest BCUT2D eigenvalue weighted by molar-refractivity contribution is 7.90. The molecule has 1 unspecified atom stereocenters. The second-order valence-corrected chi connectivity index (χ2v) is 13.4. The first kappa shape index (κ1) is 33.4. The lowest BCUT2D eigenvalue weighted by atomic mass is 9.77. The third-order valence-corrected chi connectivity index (χ3v) is 8.78. The number of amides is 2. The van der Waals surface area contributed by atoms with Gasteiger partial charge in [0.2, 0.25) is 11.8 Å². The predicted octanol–water partition coefficient (Wildman–Crippen LogP) is 2.33. The maximum atomic E-state index is 13.7. The molecule has 0 bridgehead atoms. The van der Waals surface area contributed by atoms with Gasteiger partial charge in [-0.25, -0.2) is 8.42 Å². The van der Waals surface area contributed by atoms with Gasteiger partial charge in [-0.15, -0.1) is 11.3 Å². The van der Waals surface area contributed by atoms with Crippen LogP contribution in [0.2, 0.25) is 0 Å². The second kappa shape index (κ2) is 14.9. The van der Waals surface area contributed by atoms with Gasteiger partial charge in [0.05, 0.1) is 47.9 Å². The summed E-state index contributed by atoms with van der Waals surface area (Å²) >= 11 is 1.25. The summed E-state index contributed by atoms with van der Waals surface area (Å²) in [6.07, 6.45) is 0.808. The highest BCUT2D eigenvalue weighted by Crippen LogP contribution is 2.32. The molecular formula is C29H33N6O6S2-. The number of hydrogen-bond acceptors (Lipinski definition) is 10. The molecule has 0 aliphatic heterocycles. The lowest BCUT2D eigenvalue weighted by Gasteiger charge is -2.39. The Morgan fingerprint density at radius 3 is 2.44 bits per heavy atom. The Morgan fingerprint density at radius 2 is 1.84 bits per heavy atom. The number of rotatable bonds is 15. The van der Waals surface area contributed by atoms with Crippen molar-refractivity contribution < 1.29 is 22.8 Å². The van der Waals surface area contributed by atoms with Crippen LogP contribution in [-0.4, -0.2) is 63.5 Å². The highest BCUT2D eigenvalue weighted by atomic mass is 32.2. The lowest BCUT2D eigenvalue weighted by Crippen LogP contribution is -2.51. The number of carbonyl (C=O) groups is 2. The summed E-state index contributed by atoms with van der Waals surface area (Å²) in [5, 5.41) is 34.8. The average molecular weight is 626 g/mol. The fraction of sp³-hybridized carbons (Fsp3) is 0.310. The van der Waals surface area contributed by atoms with Gasteiger partial charge in [0, 0.05) is 17.7 Å². The molecule has 3 rings (SSSR count). The number of hydroxylamine groups is 2. The van der Waals surface area contributed by atoms with E-state index in [2.05, 4.69) is 16.7 Å². The zero-order valence-corrected chi connectivity index (χ0v) is 25.4. The molecule has 0 saturated heterocycles. The van der Waals surface area contributed by atoms with Gasteiger partial charge < -0.3 is 26.4 Å². The fourth-order valence-corrected chi connectivity index (χ4v) is 5.99. The van der Waals surface area contributed by atoms with Gasteiger partial charge in [0.25, 0.3) is 0 Å². The molecule has 5 N–H and O–H groups in total. The number of benzene rings is 2. The van der Waals surface area contributed by atoms with Crippen LogP contribution in [0.4, 0.5) is 0 Å². The van der Waals surface area contributed by atoms with E-state index in [4.69, 9.17) is 16.0 Å². The Bertz CT molecular complexity index is 1600. The van der Waals surface area contributed by atoms with Gasteiger partial charge in [0.15, 0.2) is 0 Å². The summed E-state index contributed by atoms with van der Waals surface area (Å²) in [5.74, 6) is -1.65. The molecule has 228 valence electrons. The Hall–Kier alpha value is -4.13. The molecule has 2 aromatic carbocycles. The molecular weight excluding hydrogens is 592 g/mol. The van der Waals surface area contributed by atoms with Crippen molar-refractivity contribution >= 4 is 38.8 Å². The molecule has 14 heteroatoms. The monoisotopic (exact) mass is 625 g/mol. The van der Waals surface area contributed by atoms with Gasteiger partial charge in [-0.3, -0.25) is 20.2 Å². The number of amidine groups is 1. The van der Waals surface area contributed by atoms with Crippen molar-refractivity contribution in [1.29, 1.82) is 10.7 Å². The Morgan fingerprint density at radius 1 is 1.14 bits per heavy atom. The number of thiophene rings is 1. The molecule has 1 aromatic heterocycles. The smallest absolute Gasteiger partial charge is 0.239 e. The number of nitrogens with two attached hydrogens (primary N) is 1. The molecule has 0 saturated carbocycles. The number of carbonyl (C=O) groups excluding carboxylic acids is 2. The molecule has 1 atom stereocenters. The highest BCUT2D eigenvalue weighted by Gasteiger charge is 2.40. The minimum Gasteiger partial charge on any atom is -0.762 e. The van der Waals surface area contributed by atoms with E-state index in [-0.39, 0.29) is 36.2 Å². The van der Waals surface area contributed by atoms with Crippen molar-refractivity contribution in [3.8, 4) is 17.2 Å². The third kappa shape index (κ3) is 9.70. The number of nitrogen functional groups attached to an aromatic ring is 1. The van der Waals surface area contributed by atoms with E-state index < -0.39 is 40.2 Å². The van der Waals surface area contributed by atoms with E-state index in [0.29, 0.717) is 16.0 Å². The van der Waals surface area contributed by atoms with Crippen LogP contribution in [0.25, 0.3) is 11.1 Å². The van der Waals surface area contributed by atoms with Crippen LogP contribution in [-0.2, 0) is 37.2 Å². The number of hydrogen-bond donors (Lipinski definition) is 4.